The Morgan fingerprint density at radius 1 is 1.19 bits per heavy atom. The fraction of sp³-hybridized carbons (Fsp3) is 0.429. The molecule has 21 heavy (non-hydrogen) atoms. The van der Waals surface area contributed by atoms with Gasteiger partial charge in [-0.15, -0.1) is 5.10 Å². The van der Waals surface area contributed by atoms with Crippen LogP contribution in [0.5, 0.6) is 0 Å². The lowest BCUT2D eigenvalue weighted by molar-refractivity contribution is 0.439. The van der Waals surface area contributed by atoms with Crippen molar-refractivity contribution in [1.29, 1.82) is 0 Å². The van der Waals surface area contributed by atoms with Crippen LogP contribution in [-0.2, 0) is 0 Å². The van der Waals surface area contributed by atoms with Crippen LogP contribution in [0.1, 0.15) is 12.8 Å². The van der Waals surface area contributed by atoms with Gasteiger partial charge in [0.25, 0.3) is 0 Å². The number of halogens is 2. The monoisotopic (exact) mass is 293 g/mol. The average Bonchev–Trinajstić information content (AvgIpc) is 2.96. The summed E-state index contributed by atoms with van der Waals surface area (Å²) in [4.78, 5) is 6.42. The first-order valence-electron chi connectivity index (χ1n) is 6.97. The van der Waals surface area contributed by atoms with Crippen molar-refractivity contribution in [2.75, 3.05) is 25.0 Å². The molecule has 0 aliphatic carbocycles. The number of aromatic nitrogens is 3. The van der Waals surface area contributed by atoms with E-state index >= 15 is 0 Å². The molecule has 0 unspecified atom stereocenters. The highest BCUT2D eigenvalue weighted by Crippen LogP contribution is 2.22. The van der Waals surface area contributed by atoms with Crippen molar-refractivity contribution in [2.24, 2.45) is 0 Å². The average molecular weight is 293 g/mol. The van der Waals surface area contributed by atoms with Crippen LogP contribution in [0, 0.1) is 11.6 Å². The molecular weight excluding hydrogens is 276 g/mol. The summed E-state index contributed by atoms with van der Waals surface area (Å²) in [6.45, 7) is 1.72. The molecule has 0 radical (unpaired) electrons. The number of nitrogens with zero attached hydrogens (tertiary/aromatic N) is 3. The van der Waals surface area contributed by atoms with Crippen LogP contribution in [0.15, 0.2) is 18.2 Å². The lowest BCUT2D eigenvalue weighted by Gasteiger charge is -2.30. The Bertz CT molecular complexity index is 599. The Morgan fingerprint density at radius 3 is 2.48 bits per heavy atom. The van der Waals surface area contributed by atoms with Gasteiger partial charge in [-0.3, -0.25) is 5.10 Å². The highest BCUT2D eigenvalue weighted by Gasteiger charge is 2.21. The van der Waals surface area contributed by atoms with E-state index < -0.39 is 11.6 Å². The quantitative estimate of drug-likeness (QED) is 0.908. The fourth-order valence-electron chi connectivity index (χ4n) is 2.58. The number of anilines is 1. The molecular formula is C14H17F2N5. The molecule has 1 saturated heterocycles. The molecule has 0 saturated carbocycles. The molecule has 2 aromatic rings. The van der Waals surface area contributed by atoms with Gasteiger partial charge in [-0.05, 0) is 32.0 Å². The smallest absolute Gasteiger partial charge is 0.245 e. The van der Waals surface area contributed by atoms with Gasteiger partial charge in [0, 0.05) is 30.8 Å². The number of rotatable bonds is 3. The van der Waals surface area contributed by atoms with E-state index in [-0.39, 0.29) is 0 Å². The normalized spacial score (nSPS) is 16.4. The van der Waals surface area contributed by atoms with E-state index in [0.29, 0.717) is 23.4 Å². The second-order valence-corrected chi connectivity index (χ2v) is 5.19. The highest BCUT2D eigenvalue weighted by molar-refractivity contribution is 5.56. The standard InChI is InChI=1S/C14H17F2N5/c1-17-12-2-4-21(5-3-12)14-18-13(19-20-14)9-6-10(15)8-11(16)7-9/h6-8,12,17H,2-5H2,1H3,(H,18,19,20). The molecule has 1 aromatic carbocycles. The molecule has 1 aliphatic rings. The minimum Gasteiger partial charge on any atom is -0.339 e. The number of hydrogen-bond acceptors (Lipinski definition) is 4. The van der Waals surface area contributed by atoms with E-state index in [4.69, 9.17) is 0 Å². The molecule has 1 aliphatic heterocycles. The SMILES string of the molecule is CNC1CCN(c2n[nH]c(-c3cc(F)cc(F)c3)n2)CC1. The molecule has 0 amide bonds. The van der Waals surface area contributed by atoms with E-state index in [1.807, 2.05) is 7.05 Å². The largest absolute Gasteiger partial charge is 0.339 e. The van der Waals surface area contributed by atoms with Gasteiger partial charge < -0.3 is 10.2 Å². The van der Waals surface area contributed by atoms with E-state index in [9.17, 15) is 8.78 Å². The van der Waals surface area contributed by atoms with Crippen molar-refractivity contribution in [3.8, 4) is 11.4 Å². The Morgan fingerprint density at radius 2 is 1.86 bits per heavy atom. The summed E-state index contributed by atoms with van der Waals surface area (Å²) in [5, 5.41) is 10.2. The molecule has 0 spiro atoms. The first-order chi connectivity index (χ1) is 10.2. The third-order valence-electron chi connectivity index (χ3n) is 3.80. The summed E-state index contributed by atoms with van der Waals surface area (Å²) in [5.74, 6) is -0.307. The maximum absolute atomic E-state index is 13.2. The maximum Gasteiger partial charge on any atom is 0.245 e. The minimum atomic E-state index is -0.627. The van der Waals surface area contributed by atoms with Gasteiger partial charge in [0.05, 0.1) is 0 Å². The number of aromatic amines is 1. The zero-order valence-electron chi connectivity index (χ0n) is 11.7. The Labute approximate surface area is 121 Å². The van der Waals surface area contributed by atoms with Gasteiger partial charge in [0.2, 0.25) is 5.95 Å². The van der Waals surface area contributed by atoms with Gasteiger partial charge in [0.15, 0.2) is 5.82 Å². The lowest BCUT2D eigenvalue weighted by atomic mass is 10.1. The van der Waals surface area contributed by atoms with E-state index in [2.05, 4.69) is 25.4 Å². The van der Waals surface area contributed by atoms with Crippen LogP contribution >= 0.6 is 0 Å². The lowest BCUT2D eigenvalue weighted by Crippen LogP contribution is -2.41. The topological polar surface area (TPSA) is 56.8 Å². The maximum atomic E-state index is 13.2. The molecule has 5 nitrogen and oxygen atoms in total. The summed E-state index contributed by atoms with van der Waals surface area (Å²) in [7, 11) is 1.96. The predicted molar refractivity (Wildman–Crippen MR) is 76.0 cm³/mol. The predicted octanol–water partition coefficient (Wildman–Crippen LogP) is 1.94. The van der Waals surface area contributed by atoms with Crippen molar-refractivity contribution < 1.29 is 8.78 Å². The summed E-state index contributed by atoms with van der Waals surface area (Å²) >= 11 is 0. The van der Waals surface area contributed by atoms with Crippen molar-refractivity contribution in [2.45, 2.75) is 18.9 Å². The van der Waals surface area contributed by atoms with Crippen LogP contribution in [0.3, 0.4) is 0 Å². The van der Waals surface area contributed by atoms with Gasteiger partial charge in [-0.25, -0.2) is 8.78 Å². The second-order valence-electron chi connectivity index (χ2n) is 5.19. The molecule has 0 atom stereocenters. The Balaban J connectivity index is 1.77. The van der Waals surface area contributed by atoms with Crippen molar-refractivity contribution in [3.63, 3.8) is 0 Å². The van der Waals surface area contributed by atoms with Crippen molar-refractivity contribution in [3.05, 3.63) is 29.8 Å². The zero-order chi connectivity index (χ0) is 14.8. The van der Waals surface area contributed by atoms with Crippen LogP contribution in [0.25, 0.3) is 11.4 Å². The first-order valence-corrected chi connectivity index (χ1v) is 6.97. The fourth-order valence-corrected chi connectivity index (χ4v) is 2.58. The number of hydrogen-bond donors (Lipinski definition) is 2. The number of piperidine rings is 1. The van der Waals surface area contributed by atoms with Crippen LogP contribution in [0.4, 0.5) is 14.7 Å². The van der Waals surface area contributed by atoms with Crippen LogP contribution in [-0.4, -0.2) is 41.4 Å². The van der Waals surface area contributed by atoms with E-state index in [1.165, 1.54) is 12.1 Å². The Hall–Kier alpha value is -2.02. The van der Waals surface area contributed by atoms with Crippen molar-refractivity contribution >= 4 is 5.95 Å². The number of H-pyrrole nitrogens is 1. The third-order valence-corrected chi connectivity index (χ3v) is 3.80. The molecule has 1 fully saturated rings. The van der Waals surface area contributed by atoms with Crippen molar-refractivity contribution in [1.82, 2.24) is 20.5 Å². The van der Waals surface area contributed by atoms with E-state index in [0.717, 1.165) is 32.0 Å². The van der Waals surface area contributed by atoms with Gasteiger partial charge in [0.1, 0.15) is 11.6 Å². The molecule has 3 rings (SSSR count). The molecule has 112 valence electrons. The third kappa shape index (κ3) is 3.02. The zero-order valence-corrected chi connectivity index (χ0v) is 11.7. The number of benzene rings is 1. The number of nitrogens with one attached hydrogen (secondary N) is 2. The van der Waals surface area contributed by atoms with Gasteiger partial charge >= 0.3 is 0 Å². The highest BCUT2D eigenvalue weighted by atomic mass is 19.1. The Kier molecular flexibility index (Phi) is 3.83. The summed E-state index contributed by atoms with van der Waals surface area (Å²) in [6.07, 6.45) is 2.05. The summed E-state index contributed by atoms with van der Waals surface area (Å²) in [6, 6.07) is 3.84. The second kappa shape index (κ2) is 5.77. The first kappa shape index (κ1) is 13.9. The van der Waals surface area contributed by atoms with E-state index in [1.54, 1.807) is 0 Å². The molecule has 2 heterocycles. The van der Waals surface area contributed by atoms with Crippen LogP contribution < -0.4 is 10.2 Å². The summed E-state index contributed by atoms with van der Waals surface area (Å²) in [5.41, 5.74) is 0.358. The molecule has 2 N–H and O–H groups in total. The molecule has 1 aromatic heterocycles. The van der Waals surface area contributed by atoms with Crippen LogP contribution in [0.2, 0.25) is 0 Å². The molecule has 0 bridgehead atoms. The summed E-state index contributed by atoms with van der Waals surface area (Å²) < 4.78 is 26.5. The molecule has 7 heteroatoms. The minimum absolute atomic E-state index is 0.358. The van der Waals surface area contributed by atoms with Gasteiger partial charge in [-0.2, -0.15) is 4.98 Å². The van der Waals surface area contributed by atoms with Gasteiger partial charge in [-0.1, -0.05) is 0 Å².